The number of amides is 1. The van der Waals surface area contributed by atoms with E-state index < -0.39 is 71.7 Å². The van der Waals surface area contributed by atoms with Gasteiger partial charge in [0.2, 0.25) is 5.89 Å². The molecule has 4 rings (SSSR count). The Morgan fingerprint density at radius 2 is 1.61 bits per heavy atom. The summed E-state index contributed by atoms with van der Waals surface area (Å²) in [5.41, 5.74) is -5.41. The minimum Gasteiger partial charge on any atom is -0.446 e. The molecule has 0 bridgehead atoms. The Hall–Kier alpha value is -4.05. The van der Waals surface area contributed by atoms with Gasteiger partial charge in [-0.2, -0.15) is 44.5 Å². The van der Waals surface area contributed by atoms with Gasteiger partial charge in [-0.15, -0.1) is 0 Å². The normalized spacial score (nSPS) is 17.5. The van der Waals surface area contributed by atoms with E-state index in [1.165, 1.54) is 6.92 Å². The van der Waals surface area contributed by atoms with Crippen molar-refractivity contribution in [1.82, 2.24) is 15.1 Å². The Bertz CT molecular complexity index is 1470. The molecule has 0 fully saturated rings. The molecule has 44 heavy (non-hydrogen) atoms. The van der Waals surface area contributed by atoms with Crippen LogP contribution in [-0.4, -0.2) is 33.4 Å². The molecule has 0 saturated heterocycles. The van der Waals surface area contributed by atoms with Crippen LogP contribution in [0.25, 0.3) is 0 Å². The standard InChI is InChI=1S/C27H26F9N5O3/c1-5-18-11-20(22-19(41(18)24(42)43-13(2)3)6-7-21(38-22)27(34,35)36)40(23-37-14(4)44-39-23)12-15-8-16(25(28,29)30)10-17(9-15)26(31,32)33/h6-10,13,18,20H,5,11-12H2,1-4H3/t18-,20+/m0/s1. The summed E-state index contributed by atoms with van der Waals surface area (Å²) < 4.78 is 134. The lowest BCUT2D eigenvalue weighted by molar-refractivity contribution is -0.143. The monoisotopic (exact) mass is 639 g/mol. The molecule has 0 spiro atoms. The van der Waals surface area contributed by atoms with Crippen LogP contribution >= 0.6 is 0 Å². The van der Waals surface area contributed by atoms with E-state index in [0.717, 1.165) is 15.9 Å². The molecule has 8 nitrogen and oxygen atoms in total. The third-order valence-electron chi connectivity index (χ3n) is 6.78. The second kappa shape index (κ2) is 11.8. The SMILES string of the molecule is CC[C@H]1C[C@@H](N(Cc2cc(C(F)(F)F)cc(C(F)(F)F)c2)c2noc(C)n2)c2nc(C(F)(F)F)ccc2N1C(=O)OC(C)C. The van der Waals surface area contributed by atoms with E-state index in [2.05, 4.69) is 15.1 Å². The lowest BCUT2D eigenvalue weighted by atomic mass is 9.91. The third kappa shape index (κ3) is 7.01. The van der Waals surface area contributed by atoms with Crippen molar-refractivity contribution in [2.75, 3.05) is 9.80 Å². The van der Waals surface area contributed by atoms with Crippen molar-refractivity contribution in [2.45, 2.75) is 83.8 Å². The van der Waals surface area contributed by atoms with E-state index in [1.54, 1.807) is 20.8 Å². The van der Waals surface area contributed by atoms with Crippen LogP contribution in [0.15, 0.2) is 34.9 Å². The van der Waals surface area contributed by atoms with Crippen molar-refractivity contribution in [3.05, 3.63) is 64.3 Å². The van der Waals surface area contributed by atoms with Gasteiger partial charge in [-0.05, 0) is 67.7 Å². The molecule has 240 valence electrons. The molecule has 1 aliphatic rings. The molecule has 1 aliphatic heterocycles. The number of fused-ring (bicyclic) bond motifs is 1. The number of alkyl halides is 9. The Morgan fingerprint density at radius 1 is 1.00 bits per heavy atom. The molecule has 2 aromatic heterocycles. The first kappa shape index (κ1) is 32.9. The van der Waals surface area contributed by atoms with Gasteiger partial charge in [-0.3, -0.25) is 4.90 Å². The summed E-state index contributed by atoms with van der Waals surface area (Å²) in [6.07, 6.45) is -16.6. The molecule has 2 atom stereocenters. The number of halogens is 9. The maximum atomic E-state index is 13.8. The lowest BCUT2D eigenvalue weighted by Gasteiger charge is -2.43. The number of anilines is 2. The highest BCUT2D eigenvalue weighted by atomic mass is 19.4. The van der Waals surface area contributed by atoms with E-state index >= 15 is 0 Å². The molecule has 0 unspecified atom stereocenters. The van der Waals surface area contributed by atoms with Crippen LogP contribution < -0.4 is 9.80 Å². The minimum absolute atomic E-state index is 0.0350. The summed E-state index contributed by atoms with van der Waals surface area (Å²) in [7, 11) is 0. The molecule has 1 aromatic carbocycles. The maximum absolute atomic E-state index is 13.8. The first-order valence-corrected chi connectivity index (χ1v) is 13.2. The molecule has 3 aromatic rings. The summed E-state index contributed by atoms with van der Waals surface area (Å²) in [6, 6.07) is 0.651. The Labute approximate surface area is 244 Å². The highest BCUT2D eigenvalue weighted by Crippen LogP contribution is 2.45. The van der Waals surface area contributed by atoms with Crippen molar-refractivity contribution in [3.8, 4) is 0 Å². The van der Waals surface area contributed by atoms with Crippen LogP contribution in [0.4, 0.5) is 55.9 Å². The van der Waals surface area contributed by atoms with Crippen LogP contribution in [-0.2, 0) is 29.8 Å². The number of rotatable bonds is 6. The van der Waals surface area contributed by atoms with E-state index in [0.29, 0.717) is 18.2 Å². The quantitative estimate of drug-likeness (QED) is 0.252. The highest BCUT2D eigenvalue weighted by Gasteiger charge is 2.44. The molecule has 1 amide bonds. The van der Waals surface area contributed by atoms with Gasteiger partial charge in [-0.25, -0.2) is 9.78 Å². The molecule has 0 N–H and O–H groups in total. The van der Waals surface area contributed by atoms with Gasteiger partial charge in [0.05, 0.1) is 34.7 Å². The number of hydrogen-bond donors (Lipinski definition) is 0. The zero-order valence-electron chi connectivity index (χ0n) is 23.6. The largest absolute Gasteiger partial charge is 0.446 e. The summed E-state index contributed by atoms with van der Waals surface area (Å²) >= 11 is 0. The predicted octanol–water partition coefficient (Wildman–Crippen LogP) is 8.11. The second-order valence-corrected chi connectivity index (χ2v) is 10.4. The minimum atomic E-state index is -5.14. The fraction of sp³-hybridized carbons (Fsp3) is 0.481. The van der Waals surface area contributed by atoms with E-state index in [9.17, 15) is 44.3 Å². The van der Waals surface area contributed by atoms with Crippen molar-refractivity contribution < 1.29 is 53.6 Å². The molecule has 0 radical (unpaired) electrons. The van der Waals surface area contributed by atoms with Crippen molar-refractivity contribution in [1.29, 1.82) is 0 Å². The van der Waals surface area contributed by atoms with E-state index in [-0.39, 0.29) is 42.1 Å². The lowest BCUT2D eigenvalue weighted by Crippen LogP contribution is -2.49. The van der Waals surface area contributed by atoms with Crippen molar-refractivity contribution in [2.24, 2.45) is 0 Å². The van der Waals surface area contributed by atoms with Gasteiger partial charge in [0.1, 0.15) is 5.69 Å². The Morgan fingerprint density at radius 3 is 2.09 bits per heavy atom. The summed E-state index contributed by atoms with van der Waals surface area (Å²) in [6.45, 7) is 5.48. The van der Waals surface area contributed by atoms with Gasteiger partial charge in [0.15, 0.2) is 0 Å². The second-order valence-electron chi connectivity index (χ2n) is 10.4. The molecule has 0 saturated carbocycles. The smallest absolute Gasteiger partial charge is 0.433 e. The average Bonchev–Trinajstić information content (AvgIpc) is 3.34. The summed E-state index contributed by atoms with van der Waals surface area (Å²) in [5.74, 6) is -0.357. The Balaban J connectivity index is 1.93. The zero-order valence-corrected chi connectivity index (χ0v) is 23.6. The predicted molar refractivity (Wildman–Crippen MR) is 136 cm³/mol. The molecule has 3 heterocycles. The van der Waals surface area contributed by atoms with Gasteiger partial charge >= 0.3 is 24.6 Å². The highest BCUT2D eigenvalue weighted by molar-refractivity contribution is 5.90. The third-order valence-corrected chi connectivity index (χ3v) is 6.78. The number of pyridine rings is 1. The van der Waals surface area contributed by atoms with Gasteiger partial charge in [-0.1, -0.05) is 6.92 Å². The van der Waals surface area contributed by atoms with E-state index in [4.69, 9.17) is 9.26 Å². The molecule has 17 heteroatoms. The number of benzene rings is 1. The zero-order chi connectivity index (χ0) is 32.8. The Kier molecular flexibility index (Phi) is 8.81. The first-order valence-electron chi connectivity index (χ1n) is 13.2. The maximum Gasteiger partial charge on any atom is 0.433 e. The molecular weight excluding hydrogens is 613 g/mol. The summed E-state index contributed by atoms with van der Waals surface area (Å²) in [4.78, 5) is 23.2. The number of aromatic nitrogens is 3. The average molecular weight is 640 g/mol. The molecule has 0 aliphatic carbocycles. The van der Waals surface area contributed by atoms with Crippen LogP contribution in [0.3, 0.4) is 0 Å². The van der Waals surface area contributed by atoms with E-state index in [1.807, 2.05) is 0 Å². The number of carbonyl (C=O) groups is 1. The van der Waals surface area contributed by atoms with Crippen molar-refractivity contribution >= 4 is 17.7 Å². The van der Waals surface area contributed by atoms with Crippen LogP contribution in [0, 0.1) is 6.92 Å². The number of ether oxygens (including phenoxy) is 1. The van der Waals surface area contributed by atoms with Crippen LogP contribution in [0.2, 0.25) is 0 Å². The fourth-order valence-electron chi connectivity index (χ4n) is 4.91. The number of aryl methyl sites for hydroxylation is 1. The first-order chi connectivity index (χ1) is 20.3. The van der Waals surface area contributed by atoms with Crippen LogP contribution in [0.1, 0.15) is 73.6 Å². The number of hydrogen-bond acceptors (Lipinski definition) is 7. The van der Waals surface area contributed by atoms with Crippen LogP contribution in [0.5, 0.6) is 0 Å². The van der Waals surface area contributed by atoms with Gasteiger partial charge < -0.3 is 14.2 Å². The number of nitrogens with zero attached hydrogens (tertiary/aromatic N) is 5. The summed E-state index contributed by atoms with van der Waals surface area (Å²) in [5, 5.41) is 3.76. The fourth-order valence-corrected chi connectivity index (χ4v) is 4.91. The molecular formula is C27H26F9N5O3. The topological polar surface area (TPSA) is 84.6 Å². The number of carbonyl (C=O) groups excluding carboxylic acids is 1. The van der Waals surface area contributed by atoms with Gasteiger partial charge in [0, 0.05) is 19.5 Å². The van der Waals surface area contributed by atoms with Gasteiger partial charge in [0.25, 0.3) is 5.95 Å². The van der Waals surface area contributed by atoms with Crippen molar-refractivity contribution in [3.63, 3.8) is 0 Å².